The van der Waals surface area contributed by atoms with Crippen LogP contribution in [0.15, 0.2) is 47.4 Å². The molecule has 0 aliphatic carbocycles. The van der Waals surface area contributed by atoms with Crippen molar-refractivity contribution in [3.05, 3.63) is 59.2 Å². The lowest BCUT2D eigenvalue weighted by Gasteiger charge is -2.17. The highest BCUT2D eigenvalue weighted by Crippen LogP contribution is 2.29. The van der Waals surface area contributed by atoms with Gasteiger partial charge in [0.1, 0.15) is 0 Å². The summed E-state index contributed by atoms with van der Waals surface area (Å²) >= 11 is 0. The van der Waals surface area contributed by atoms with Crippen LogP contribution in [-0.4, -0.2) is 28.5 Å². The van der Waals surface area contributed by atoms with E-state index in [1.807, 2.05) is 31.2 Å². The fraction of sp³-hybridized carbons (Fsp3) is 0.278. The number of anilines is 1. The summed E-state index contributed by atoms with van der Waals surface area (Å²) in [7, 11) is -7.65. The number of carbonyl (C=O) groups excluding carboxylic acids is 1. The van der Waals surface area contributed by atoms with E-state index in [1.165, 1.54) is 18.2 Å². The van der Waals surface area contributed by atoms with E-state index in [-0.39, 0.29) is 29.3 Å². The fourth-order valence-electron chi connectivity index (χ4n) is 2.95. The van der Waals surface area contributed by atoms with Crippen molar-refractivity contribution in [2.24, 2.45) is 0 Å². The number of hydrogen-bond donors (Lipinski definition) is 1. The summed E-state index contributed by atoms with van der Waals surface area (Å²) in [6.45, 7) is 3.64. The van der Waals surface area contributed by atoms with Crippen molar-refractivity contribution < 1.29 is 21.6 Å². The van der Waals surface area contributed by atoms with E-state index in [9.17, 15) is 21.6 Å². The van der Waals surface area contributed by atoms with E-state index in [4.69, 9.17) is 0 Å². The van der Waals surface area contributed by atoms with Crippen LogP contribution in [0.5, 0.6) is 0 Å². The molecule has 0 aromatic heterocycles. The Labute approximate surface area is 159 Å². The molecule has 0 unspecified atom stereocenters. The second-order valence-electron chi connectivity index (χ2n) is 6.49. The summed E-state index contributed by atoms with van der Waals surface area (Å²) < 4.78 is 52.9. The first-order valence-electron chi connectivity index (χ1n) is 8.32. The molecule has 3 rings (SSSR count). The van der Waals surface area contributed by atoms with Gasteiger partial charge in [-0.2, -0.15) is 0 Å². The second-order valence-corrected chi connectivity index (χ2v) is 10.2. The molecule has 1 aliphatic rings. The summed E-state index contributed by atoms with van der Waals surface area (Å²) in [5.41, 5.74) is 2.32. The number of amides is 1. The third-order valence-corrected chi connectivity index (χ3v) is 7.56. The molecule has 1 N–H and O–H groups in total. The number of hydrogen-bond acceptors (Lipinski definition) is 5. The number of aryl methyl sites for hydroxylation is 2. The second kappa shape index (κ2) is 7.06. The number of nitrogens with zero attached hydrogens (tertiary/aromatic N) is 1. The van der Waals surface area contributed by atoms with Gasteiger partial charge >= 0.3 is 0 Å². The van der Waals surface area contributed by atoms with Gasteiger partial charge in [0.2, 0.25) is 26.0 Å². The lowest BCUT2D eigenvalue weighted by Crippen LogP contribution is -2.30. The van der Waals surface area contributed by atoms with Gasteiger partial charge in [-0.1, -0.05) is 35.9 Å². The molecule has 0 saturated carbocycles. The van der Waals surface area contributed by atoms with Crippen LogP contribution in [0.1, 0.15) is 23.1 Å². The van der Waals surface area contributed by atoms with Crippen LogP contribution in [0, 0.1) is 13.8 Å². The van der Waals surface area contributed by atoms with Crippen LogP contribution < -0.4 is 9.03 Å². The Morgan fingerprint density at radius 3 is 2.48 bits per heavy atom. The standard InChI is InChI=1S/C18H20N2O5S2/c1-13-4-3-5-15(10-13)12-19-27(24,25)17-11-16(7-6-14(17)2)20-18(21)8-9-26(20,22)23/h3-7,10-11,19H,8-9,12H2,1-2H3. The summed E-state index contributed by atoms with van der Waals surface area (Å²) in [6, 6.07) is 11.6. The molecule has 1 saturated heterocycles. The maximum absolute atomic E-state index is 12.8. The minimum Gasteiger partial charge on any atom is -0.273 e. The Morgan fingerprint density at radius 2 is 1.85 bits per heavy atom. The topological polar surface area (TPSA) is 101 Å². The first-order valence-corrected chi connectivity index (χ1v) is 11.4. The van der Waals surface area contributed by atoms with Crippen molar-refractivity contribution in [2.75, 3.05) is 10.1 Å². The highest BCUT2D eigenvalue weighted by molar-refractivity contribution is 7.94. The van der Waals surface area contributed by atoms with E-state index in [0.29, 0.717) is 9.87 Å². The summed E-state index contributed by atoms with van der Waals surface area (Å²) in [5, 5.41) is 0. The molecule has 1 aliphatic heterocycles. The minimum absolute atomic E-state index is 0.0408. The molecule has 1 amide bonds. The number of nitrogens with one attached hydrogen (secondary N) is 1. The van der Waals surface area contributed by atoms with Gasteiger partial charge in [-0.15, -0.1) is 0 Å². The number of rotatable bonds is 5. The van der Waals surface area contributed by atoms with Crippen molar-refractivity contribution in [1.82, 2.24) is 4.72 Å². The van der Waals surface area contributed by atoms with Gasteiger partial charge in [-0.25, -0.2) is 25.9 Å². The monoisotopic (exact) mass is 408 g/mol. The van der Waals surface area contributed by atoms with Crippen LogP contribution in [0.4, 0.5) is 5.69 Å². The first-order chi connectivity index (χ1) is 12.6. The molecule has 27 heavy (non-hydrogen) atoms. The molecule has 0 bridgehead atoms. The normalized spacial score (nSPS) is 16.7. The van der Waals surface area contributed by atoms with Gasteiger partial charge in [0, 0.05) is 13.0 Å². The van der Waals surface area contributed by atoms with Crippen LogP contribution in [-0.2, 0) is 31.4 Å². The Balaban J connectivity index is 1.92. The number of benzene rings is 2. The van der Waals surface area contributed by atoms with E-state index in [0.717, 1.165) is 11.1 Å². The molecular formula is C18H20N2O5S2. The molecule has 144 valence electrons. The lowest BCUT2D eigenvalue weighted by molar-refractivity contribution is -0.116. The quantitative estimate of drug-likeness (QED) is 0.814. The number of carbonyl (C=O) groups is 1. The summed E-state index contributed by atoms with van der Waals surface area (Å²) in [6.07, 6.45) is -0.107. The number of sulfonamides is 2. The summed E-state index contributed by atoms with van der Waals surface area (Å²) in [5.74, 6) is -0.831. The van der Waals surface area contributed by atoms with Crippen molar-refractivity contribution >= 4 is 31.6 Å². The molecule has 1 fully saturated rings. The average Bonchev–Trinajstić information content (AvgIpc) is 2.87. The zero-order valence-corrected chi connectivity index (χ0v) is 16.6. The Morgan fingerprint density at radius 1 is 1.11 bits per heavy atom. The van der Waals surface area contributed by atoms with Gasteiger partial charge in [0.15, 0.2) is 0 Å². The van der Waals surface area contributed by atoms with Crippen molar-refractivity contribution in [1.29, 1.82) is 0 Å². The highest BCUT2D eigenvalue weighted by atomic mass is 32.2. The van der Waals surface area contributed by atoms with Crippen molar-refractivity contribution in [3.8, 4) is 0 Å². The van der Waals surface area contributed by atoms with Gasteiger partial charge in [-0.3, -0.25) is 4.79 Å². The maximum atomic E-state index is 12.8. The summed E-state index contributed by atoms with van der Waals surface area (Å²) in [4.78, 5) is 11.9. The van der Waals surface area contributed by atoms with Gasteiger partial charge in [0.05, 0.1) is 16.3 Å². The Bertz CT molecular complexity index is 1110. The molecule has 0 spiro atoms. The van der Waals surface area contributed by atoms with Gasteiger partial charge < -0.3 is 0 Å². The van der Waals surface area contributed by atoms with Gasteiger partial charge in [0.25, 0.3) is 0 Å². The Kier molecular flexibility index (Phi) is 5.11. The molecular weight excluding hydrogens is 388 g/mol. The van der Waals surface area contributed by atoms with Crippen molar-refractivity contribution in [3.63, 3.8) is 0 Å². The fourth-order valence-corrected chi connectivity index (χ4v) is 5.68. The molecule has 9 heteroatoms. The maximum Gasteiger partial charge on any atom is 0.242 e. The SMILES string of the molecule is Cc1cccc(CNS(=O)(=O)c2cc(N3C(=O)CCS3(=O)=O)ccc2C)c1. The Hall–Kier alpha value is -2.23. The zero-order valence-electron chi connectivity index (χ0n) is 15.0. The van der Waals surface area contributed by atoms with E-state index < -0.39 is 26.0 Å². The smallest absolute Gasteiger partial charge is 0.242 e. The molecule has 2 aromatic rings. The predicted molar refractivity (Wildman–Crippen MR) is 102 cm³/mol. The van der Waals surface area contributed by atoms with Crippen LogP contribution in [0.3, 0.4) is 0 Å². The predicted octanol–water partition coefficient (Wildman–Crippen LogP) is 1.85. The molecule has 2 aromatic carbocycles. The largest absolute Gasteiger partial charge is 0.273 e. The molecule has 0 radical (unpaired) electrons. The molecule has 0 atom stereocenters. The highest BCUT2D eigenvalue weighted by Gasteiger charge is 2.36. The van der Waals surface area contributed by atoms with Crippen LogP contribution >= 0.6 is 0 Å². The van der Waals surface area contributed by atoms with E-state index in [2.05, 4.69) is 4.72 Å². The molecule has 1 heterocycles. The molecule has 7 nitrogen and oxygen atoms in total. The van der Waals surface area contributed by atoms with E-state index in [1.54, 1.807) is 6.92 Å². The lowest BCUT2D eigenvalue weighted by atomic mass is 10.1. The minimum atomic E-state index is -3.89. The van der Waals surface area contributed by atoms with Crippen LogP contribution in [0.2, 0.25) is 0 Å². The zero-order chi connectivity index (χ0) is 19.8. The van der Waals surface area contributed by atoms with Crippen LogP contribution in [0.25, 0.3) is 0 Å². The first kappa shape index (κ1) is 19.5. The van der Waals surface area contributed by atoms with E-state index >= 15 is 0 Å². The average molecular weight is 409 g/mol. The van der Waals surface area contributed by atoms with Gasteiger partial charge in [-0.05, 0) is 37.1 Å². The third-order valence-electron chi connectivity index (χ3n) is 4.32. The third kappa shape index (κ3) is 4.05. The van der Waals surface area contributed by atoms with Crippen molar-refractivity contribution in [2.45, 2.75) is 31.7 Å².